The molecule has 0 aliphatic rings. The number of para-hydroxylation sites is 1. The molecule has 0 unspecified atom stereocenters. The molecule has 29 heavy (non-hydrogen) atoms. The molecule has 0 saturated heterocycles. The summed E-state index contributed by atoms with van der Waals surface area (Å²) in [7, 11) is 1.31. The number of nitrogens with zero attached hydrogens (tertiary/aromatic N) is 1. The Balaban J connectivity index is 2.13. The summed E-state index contributed by atoms with van der Waals surface area (Å²) in [5, 5.41) is 3.86. The van der Waals surface area contributed by atoms with Gasteiger partial charge in [0.1, 0.15) is 11.3 Å². The van der Waals surface area contributed by atoms with Crippen molar-refractivity contribution in [1.29, 1.82) is 0 Å². The zero-order valence-electron chi connectivity index (χ0n) is 16.5. The monoisotopic (exact) mass is 394 g/mol. The van der Waals surface area contributed by atoms with Crippen LogP contribution in [0.4, 0.5) is 11.4 Å². The van der Waals surface area contributed by atoms with Crippen LogP contribution in [0, 0.1) is 0 Å². The summed E-state index contributed by atoms with van der Waals surface area (Å²) < 4.78 is 15.5. The van der Waals surface area contributed by atoms with Crippen molar-refractivity contribution in [3.63, 3.8) is 0 Å². The smallest absolute Gasteiger partial charge is 0.341 e. The van der Waals surface area contributed by atoms with Crippen molar-refractivity contribution in [2.45, 2.75) is 13.8 Å². The number of benzene rings is 2. The number of hydrogen-bond acceptors (Lipinski definition) is 7. The van der Waals surface area contributed by atoms with Crippen LogP contribution in [0.2, 0.25) is 0 Å². The number of ether oxygens (including phenoxy) is 3. The van der Waals surface area contributed by atoms with Gasteiger partial charge in [0.25, 0.3) is 0 Å². The molecule has 0 aliphatic carbocycles. The van der Waals surface area contributed by atoms with Crippen LogP contribution < -0.4 is 10.1 Å². The number of fused-ring (bicyclic) bond motifs is 1. The molecule has 1 aromatic heterocycles. The van der Waals surface area contributed by atoms with Crippen LogP contribution >= 0.6 is 0 Å². The second kappa shape index (κ2) is 9.05. The predicted molar refractivity (Wildman–Crippen MR) is 110 cm³/mol. The molecule has 0 saturated carbocycles. The SMILES string of the molecule is CCOC(=O)c1cnc2c(C(=O)OC)cccc2c1Nc1ccc(OCC)cc1. The molecule has 0 bridgehead atoms. The first-order chi connectivity index (χ1) is 14.1. The lowest BCUT2D eigenvalue weighted by Gasteiger charge is -2.15. The Labute approximate surface area is 168 Å². The average Bonchev–Trinajstić information content (AvgIpc) is 2.74. The number of anilines is 2. The van der Waals surface area contributed by atoms with Crippen LogP contribution in [0.1, 0.15) is 34.6 Å². The zero-order valence-corrected chi connectivity index (χ0v) is 16.5. The standard InChI is InChI=1S/C22H22N2O5/c1-4-28-15-11-9-14(10-12-15)24-20-16-7-6-8-17(21(25)27-3)19(16)23-13-18(20)22(26)29-5-2/h6-13H,4-5H2,1-3H3,(H,23,24). The molecule has 1 N–H and O–H groups in total. The van der Waals surface area contributed by atoms with E-state index in [1.807, 2.05) is 31.2 Å². The summed E-state index contributed by atoms with van der Waals surface area (Å²) >= 11 is 0. The Hall–Kier alpha value is -3.61. The van der Waals surface area contributed by atoms with Crippen LogP contribution in [-0.2, 0) is 9.47 Å². The van der Waals surface area contributed by atoms with E-state index in [1.54, 1.807) is 25.1 Å². The lowest BCUT2D eigenvalue weighted by molar-refractivity contribution is 0.0526. The van der Waals surface area contributed by atoms with Crippen molar-refractivity contribution in [3.8, 4) is 5.75 Å². The van der Waals surface area contributed by atoms with Gasteiger partial charge in [0.05, 0.1) is 37.1 Å². The normalized spacial score (nSPS) is 10.4. The number of rotatable bonds is 7. The second-order valence-electron chi connectivity index (χ2n) is 6.04. The quantitative estimate of drug-likeness (QED) is 0.597. The van der Waals surface area contributed by atoms with Gasteiger partial charge in [-0.2, -0.15) is 0 Å². The van der Waals surface area contributed by atoms with Crippen LogP contribution in [0.25, 0.3) is 10.9 Å². The van der Waals surface area contributed by atoms with E-state index in [1.165, 1.54) is 13.3 Å². The van der Waals surface area contributed by atoms with Crippen molar-refractivity contribution in [3.05, 3.63) is 59.8 Å². The first-order valence-corrected chi connectivity index (χ1v) is 9.26. The number of nitrogens with one attached hydrogen (secondary N) is 1. The highest BCUT2D eigenvalue weighted by Gasteiger charge is 2.20. The number of carbonyl (C=O) groups is 2. The Kier molecular flexibility index (Phi) is 6.29. The van der Waals surface area contributed by atoms with Gasteiger partial charge in [0.15, 0.2) is 0 Å². The van der Waals surface area contributed by atoms with Crippen molar-refractivity contribution >= 4 is 34.2 Å². The number of aromatic nitrogens is 1. The van der Waals surface area contributed by atoms with Gasteiger partial charge in [-0.1, -0.05) is 12.1 Å². The Morgan fingerprint density at radius 3 is 2.38 bits per heavy atom. The number of methoxy groups -OCH3 is 1. The summed E-state index contributed by atoms with van der Waals surface area (Å²) in [4.78, 5) is 29.0. The minimum absolute atomic E-state index is 0.238. The minimum Gasteiger partial charge on any atom is -0.494 e. The topological polar surface area (TPSA) is 86.8 Å². The number of esters is 2. The lowest BCUT2D eigenvalue weighted by atomic mass is 10.0. The third kappa shape index (κ3) is 4.29. The Morgan fingerprint density at radius 1 is 0.966 bits per heavy atom. The molecule has 0 atom stereocenters. The maximum Gasteiger partial charge on any atom is 0.341 e. The molecular formula is C22H22N2O5. The molecule has 0 spiro atoms. The van der Waals surface area contributed by atoms with Gasteiger partial charge in [-0.25, -0.2) is 9.59 Å². The summed E-state index contributed by atoms with van der Waals surface area (Å²) in [5.41, 5.74) is 2.27. The van der Waals surface area contributed by atoms with Crippen molar-refractivity contribution < 1.29 is 23.8 Å². The lowest BCUT2D eigenvalue weighted by Crippen LogP contribution is -2.10. The molecule has 1 heterocycles. The van der Waals surface area contributed by atoms with Crippen LogP contribution in [0.5, 0.6) is 5.75 Å². The van der Waals surface area contributed by atoms with Crippen LogP contribution in [0.3, 0.4) is 0 Å². The highest BCUT2D eigenvalue weighted by Crippen LogP contribution is 2.32. The van der Waals surface area contributed by atoms with Gasteiger partial charge < -0.3 is 19.5 Å². The van der Waals surface area contributed by atoms with E-state index in [2.05, 4.69) is 10.3 Å². The number of pyridine rings is 1. The van der Waals surface area contributed by atoms with E-state index >= 15 is 0 Å². The summed E-state index contributed by atoms with van der Waals surface area (Å²) in [6.07, 6.45) is 1.41. The van der Waals surface area contributed by atoms with E-state index in [0.717, 1.165) is 11.4 Å². The van der Waals surface area contributed by atoms with Gasteiger partial charge >= 0.3 is 11.9 Å². The van der Waals surface area contributed by atoms with Crippen molar-refractivity contribution in [2.75, 3.05) is 25.6 Å². The maximum atomic E-state index is 12.5. The fourth-order valence-corrected chi connectivity index (χ4v) is 2.94. The molecule has 7 nitrogen and oxygen atoms in total. The molecule has 0 fully saturated rings. The molecular weight excluding hydrogens is 372 g/mol. The van der Waals surface area contributed by atoms with Gasteiger partial charge in [0, 0.05) is 17.3 Å². The average molecular weight is 394 g/mol. The number of hydrogen-bond donors (Lipinski definition) is 1. The maximum absolute atomic E-state index is 12.5. The molecule has 150 valence electrons. The van der Waals surface area contributed by atoms with Crippen LogP contribution in [0.15, 0.2) is 48.7 Å². The minimum atomic E-state index is -0.501. The molecule has 0 amide bonds. The van der Waals surface area contributed by atoms with E-state index < -0.39 is 11.9 Å². The van der Waals surface area contributed by atoms with Gasteiger partial charge in [-0.15, -0.1) is 0 Å². The van der Waals surface area contributed by atoms with E-state index in [-0.39, 0.29) is 12.2 Å². The van der Waals surface area contributed by atoms with Gasteiger partial charge in [-0.05, 0) is 44.2 Å². The van der Waals surface area contributed by atoms with E-state index in [9.17, 15) is 9.59 Å². The van der Waals surface area contributed by atoms with Crippen molar-refractivity contribution in [1.82, 2.24) is 4.98 Å². The molecule has 0 aliphatic heterocycles. The van der Waals surface area contributed by atoms with Crippen LogP contribution in [-0.4, -0.2) is 37.2 Å². The number of carbonyl (C=O) groups excluding carboxylic acids is 2. The van der Waals surface area contributed by atoms with Gasteiger partial charge in [-0.3, -0.25) is 4.98 Å². The molecule has 3 aromatic rings. The first-order valence-electron chi connectivity index (χ1n) is 9.26. The molecule has 3 rings (SSSR count). The predicted octanol–water partition coefficient (Wildman–Crippen LogP) is 4.34. The third-order valence-electron chi connectivity index (χ3n) is 4.23. The second-order valence-corrected chi connectivity index (χ2v) is 6.04. The summed E-state index contributed by atoms with van der Waals surface area (Å²) in [5.74, 6) is -0.256. The zero-order chi connectivity index (χ0) is 20.8. The third-order valence-corrected chi connectivity index (χ3v) is 4.23. The fourth-order valence-electron chi connectivity index (χ4n) is 2.94. The molecule has 7 heteroatoms. The highest BCUT2D eigenvalue weighted by molar-refractivity contribution is 6.11. The molecule has 2 aromatic carbocycles. The summed E-state index contributed by atoms with van der Waals surface area (Å²) in [6, 6.07) is 12.5. The highest BCUT2D eigenvalue weighted by atomic mass is 16.5. The molecule has 0 radical (unpaired) electrons. The first kappa shape index (κ1) is 20.1. The Bertz CT molecular complexity index is 1030. The van der Waals surface area contributed by atoms with E-state index in [0.29, 0.717) is 28.8 Å². The fraction of sp³-hybridized carbons (Fsp3) is 0.227. The largest absolute Gasteiger partial charge is 0.494 e. The summed E-state index contributed by atoms with van der Waals surface area (Å²) in [6.45, 7) is 4.47. The van der Waals surface area contributed by atoms with Gasteiger partial charge in [0.2, 0.25) is 0 Å². The van der Waals surface area contributed by atoms with Crippen molar-refractivity contribution in [2.24, 2.45) is 0 Å². The Morgan fingerprint density at radius 2 is 1.72 bits per heavy atom. The van der Waals surface area contributed by atoms with E-state index in [4.69, 9.17) is 14.2 Å².